The number of aryl methyl sites for hydroxylation is 1. The van der Waals surface area contributed by atoms with Crippen molar-refractivity contribution < 1.29 is 26.7 Å². The fraction of sp³-hybridized carbons (Fsp3) is 0.375. The van der Waals surface area contributed by atoms with Gasteiger partial charge in [-0.1, -0.05) is 6.92 Å². The number of benzene rings is 1. The minimum absolute atomic E-state index is 0.0233. The Kier molecular flexibility index (Phi) is 7.04. The van der Waals surface area contributed by atoms with Crippen molar-refractivity contribution >= 4 is 5.91 Å². The quantitative estimate of drug-likeness (QED) is 0.464. The minimum Gasteiger partial charge on any atom is -0.335 e. The molecule has 1 fully saturated rings. The number of carbonyl (C=O) groups is 1. The van der Waals surface area contributed by atoms with Gasteiger partial charge in [0.05, 0.1) is 11.1 Å². The third-order valence-corrected chi connectivity index (χ3v) is 6.19. The van der Waals surface area contributed by atoms with E-state index in [1.165, 1.54) is 23.4 Å². The van der Waals surface area contributed by atoms with E-state index in [4.69, 9.17) is 0 Å². The van der Waals surface area contributed by atoms with Crippen LogP contribution in [0.1, 0.15) is 47.9 Å². The van der Waals surface area contributed by atoms with Crippen LogP contribution in [0.3, 0.4) is 0 Å². The number of rotatable bonds is 5. The van der Waals surface area contributed by atoms with Gasteiger partial charge >= 0.3 is 6.18 Å². The van der Waals surface area contributed by atoms with Crippen LogP contribution in [-0.2, 0) is 12.6 Å². The van der Waals surface area contributed by atoms with E-state index in [-0.39, 0.29) is 35.6 Å². The van der Waals surface area contributed by atoms with Gasteiger partial charge in [0.2, 0.25) is 0 Å². The summed E-state index contributed by atoms with van der Waals surface area (Å²) in [7, 11) is 0. The Hall–Kier alpha value is -3.50. The number of hydrogen-bond acceptors (Lipinski definition) is 5. The first-order chi connectivity index (χ1) is 16.7. The number of likely N-dealkylation sites (tertiary alicyclic amines) is 1. The Morgan fingerprint density at radius 2 is 1.77 bits per heavy atom. The van der Waals surface area contributed by atoms with Gasteiger partial charge in [-0.3, -0.25) is 4.79 Å². The maximum Gasteiger partial charge on any atom is 0.419 e. The lowest BCUT2D eigenvalue weighted by atomic mass is 9.87. The van der Waals surface area contributed by atoms with Crippen LogP contribution in [0.4, 0.5) is 22.0 Å². The Labute approximate surface area is 198 Å². The van der Waals surface area contributed by atoms with Crippen molar-refractivity contribution in [2.45, 2.75) is 44.8 Å². The zero-order chi connectivity index (χ0) is 25.2. The molecule has 1 aromatic carbocycles. The van der Waals surface area contributed by atoms with Crippen LogP contribution >= 0.6 is 0 Å². The highest BCUT2D eigenvalue weighted by molar-refractivity contribution is 6.00. The predicted molar refractivity (Wildman–Crippen MR) is 116 cm³/mol. The molecule has 1 aliphatic rings. The van der Waals surface area contributed by atoms with Crippen molar-refractivity contribution in [1.29, 1.82) is 0 Å². The summed E-state index contributed by atoms with van der Waals surface area (Å²) in [6.45, 7) is 2.27. The monoisotopic (exact) mass is 491 g/mol. The summed E-state index contributed by atoms with van der Waals surface area (Å²) in [5, 5.41) is 0. The number of piperidine rings is 1. The summed E-state index contributed by atoms with van der Waals surface area (Å²) in [6, 6.07) is 3.40. The van der Waals surface area contributed by atoms with Crippen molar-refractivity contribution in [3.63, 3.8) is 0 Å². The van der Waals surface area contributed by atoms with Crippen molar-refractivity contribution in [3.8, 4) is 11.4 Å². The van der Waals surface area contributed by atoms with Crippen LogP contribution in [0.5, 0.6) is 0 Å². The fourth-order valence-electron chi connectivity index (χ4n) is 4.38. The van der Waals surface area contributed by atoms with E-state index >= 15 is 0 Å². The predicted octanol–water partition coefficient (Wildman–Crippen LogP) is 5.10. The second-order valence-electron chi connectivity index (χ2n) is 8.47. The van der Waals surface area contributed by atoms with Gasteiger partial charge in [-0.05, 0) is 43.4 Å². The molecule has 4 rings (SSSR count). The second-order valence-corrected chi connectivity index (χ2v) is 8.47. The van der Waals surface area contributed by atoms with Gasteiger partial charge in [0.1, 0.15) is 5.82 Å². The molecule has 2 atom stereocenters. The molecule has 3 heterocycles. The van der Waals surface area contributed by atoms with E-state index < -0.39 is 34.8 Å². The number of amides is 1. The summed E-state index contributed by atoms with van der Waals surface area (Å²) in [4.78, 5) is 30.9. The maximum absolute atomic E-state index is 15.0. The van der Waals surface area contributed by atoms with Crippen LogP contribution in [0.25, 0.3) is 11.4 Å². The van der Waals surface area contributed by atoms with Crippen LogP contribution < -0.4 is 0 Å². The first-order valence-corrected chi connectivity index (χ1v) is 11.1. The molecular weight excluding hydrogens is 469 g/mol. The summed E-state index contributed by atoms with van der Waals surface area (Å²) >= 11 is 0. The van der Waals surface area contributed by atoms with Crippen LogP contribution in [0.15, 0.2) is 43.0 Å². The molecule has 6 nitrogen and oxygen atoms in total. The third kappa shape index (κ3) is 5.28. The Morgan fingerprint density at radius 1 is 1.09 bits per heavy atom. The highest BCUT2D eigenvalue weighted by atomic mass is 19.4. The molecule has 1 amide bonds. The second kappa shape index (κ2) is 10.0. The number of aromatic nitrogens is 4. The number of alkyl halides is 3. The Balaban J connectivity index is 1.61. The molecule has 2 aromatic heterocycles. The highest BCUT2D eigenvalue weighted by Gasteiger charge is 2.36. The van der Waals surface area contributed by atoms with Gasteiger partial charge < -0.3 is 4.90 Å². The molecule has 184 valence electrons. The number of carbonyl (C=O) groups excluding carboxylic acids is 1. The smallest absolute Gasteiger partial charge is 0.335 e. The Bertz CT molecular complexity index is 1190. The van der Waals surface area contributed by atoms with Gasteiger partial charge in [-0.25, -0.2) is 28.7 Å². The van der Waals surface area contributed by atoms with Crippen molar-refractivity contribution in [1.82, 2.24) is 24.8 Å². The summed E-state index contributed by atoms with van der Waals surface area (Å²) in [5.74, 6) is -2.80. The van der Waals surface area contributed by atoms with Crippen LogP contribution in [0.2, 0.25) is 0 Å². The molecule has 1 aliphatic heterocycles. The average Bonchev–Trinajstić information content (AvgIpc) is 2.84. The molecule has 11 heteroatoms. The molecule has 0 radical (unpaired) electrons. The largest absolute Gasteiger partial charge is 0.419 e. The van der Waals surface area contributed by atoms with Gasteiger partial charge in [0.25, 0.3) is 5.91 Å². The molecule has 0 saturated carbocycles. The molecule has 0 aliphatic carbocycles. The molecular formula is C24H22F5N5O. The maximum atomic E-state index is 15.0. The van der Waals surface area contributed by atoms with Gasteiger partial charge in [-0.15, -0.1) is 0 Å². The molecule has 0 N–H and O–H groups in total. The molecule has 1 saturated heterocycles. The SMILES string of the molecule is C[C@@H]1CCCN(C(=O)c2c(-c3ncccn3)ccc(F)c2F)[C@@H]1CCc1ncc(C(F)(F)F)cn1. The number of hydrogen-bond donors (Lipinski definition) is 0. The van der Waals surface area contributed by atoms with Crippen molar-refractivity contribution in [3.05, 3.63) is 71.6 Å². The number of nitrogens with zero attached hydrogens (tertiary/aromatic N) is 5. The van der Waals surface area contributed by atoms with E-state index in [1.807, 2.05) is 6.92 Å². The molecule has 0 bridgehead atoms. The average molecular weight is 491 g/mol. The minimum atomic E-state index is -4.53. The Morgan fingerprint density at radius 3 is 2.43 bits per heavy atom. The van der Waals surface area contributed by atoms with Gasteiger partial charge in [0.15, 0.2) is 17.5 Å². The summed E-state index contributed by atoms with van der Waals surface area (Å²) < 4.78 is 67.5. The van der Waals surface area contributed by atoms with Gasteiger partial charge in [-0.2, -0.15) is 13.2 Å². The topological polar surface area (TPSA) is 71.9 Å². The first-order valence-electron chi connectivity index (χ1n) is 11.1. The number of halogens is 5. The van der Waals surface area contributed by atoms with Crippen LogP contribution in [-0.4, -0.2) is 43.3 Å². The zero-order valence-electron chi connectivity index (χ0n) is 18.8. The van der Waals surface area contributed by atoms with E-state index in [0.717, 1.165) is 24.9 Å². The van der Waals surface area contributed by atoms with E-state index in [0.29, 0.717) is 19.4 Å². The lowest BCUT2D eigenvalue weighted by Gasteiger charge is -2.40. The van der Waals surface area contributed by atoms with E-state index in [2.05, 4.69) is 19.9 Å². The normalized spacial score (nSPS) is 18.5. The summed E-state index contributed by atoms with van der Waals surface area (Å²) in [6.07, 6.45) is 1.85. The summed E-state index contributed by atoms with van der Waals surface area (Å²) in [5.41, 5.74) is -1.31. The third-order valence-electron chi connectivity index (χ3n) is 6.19. The lowest BCUT2D eigenvalue weighted by Crippen LogP contribution is -2.48. The van der Waals surface area contributed by atoms with Crippen LogP contribution in [0, 0.1) is 17.6 Å². The van der Waals surface area contributed by atoms with Gasteiger partial charge in [0, 0.05) is 49.4 Å². The van der Waals surface area contributed by atoms with E-state index in [1.54, 1.807) is 6.07 Å². The molecule has 0 unspecified atom stereocenters. The highest BCUT2D eigenvalue weighted by Crippen LogP contribution is 2.32. The van der Waals surface area contributed by atoms with Crippen molar-refractivity contribution in [2.24, 2.45) is 5.92 Å². The van der Waals surface area contributed by atoms with Crippen molar-refractivity contribution in [2.75, 3.05) is 6.54 Å². The zero-order valence-corrected chi connectivity index (χ0v) is 18.8. The molecule has 3 aromatic rings. The fourth-order valence-corrected chi connectivity index (χ4v) is 4.38. The molecule has 35 heavy (non-hydrogen) atoms. The van der Waals surface area contributed by atoms with E-state index in [9.17, 15) is 26.7 Å². The molecule has 0 spiro atoms. The first kappa shape index (κ1) is 24.6. The lowest BCUT2D eigenvalue weighted by molar-refractivity contribution is -0.138. The standard InChI is InChI=1S/C24H22F5N5O/c1-14-4-2-11-34(18(14)7-8-19-32-12-15(13-33-19)24(27,28)29)23(35)20-16(5-6-17(25)21(20)26)22-30-9-3-10-31-22/h3,5-6,9-10,12-14,18H,2,4,7-8,11H2,1H3/t14-,18-/m1/s1.